The molecule has 1 aromatic carbocycles. The molecule has 2 fully saturated rings. The van der Waals surface area contributed by atoms with Crippen LogP contribution in [0.15, 0.2) is 36.5 Å². The summed E-state index contributed by atoms with van der Waals surface area (Å²) in [6.45, 7) is 1.47. The van der Waals surface area contributed by atoms with E-state index in [9.17, 15) is 14.7 Å². The number of hydrogen-bond acceptors (Lipinski definition) is 7. The van der Waals surface area contributed by atoms with Crippen molar-refractivity contribution in [3.8, 4) is 5.75 Å². The zero-order valence-electron chi connectivity index (χ0n) is 19.5. The number of anilines is 1. The number of carbonyl (C=O) groups is 2. The van der Waals surface area contributed by atoms with Gasteiger partial charge in [0.2, 0.25) is 0 Å². The second-order valence-electron chi connectivity index (χ2n) is 9.02. The molecule has 3 unspecified atom stereocenters. The van der Waals surface area contributed by atoms with Gasteiger partial charge in [-0.2, -0.15) is 0 Å². The van der Waals surface area contributed by atoms with Crippen LogP contribution in [0.1, 0.15) is 52.0 Å². The van der Waals surface area contributed by atoms with E-state index in [0.717, 1.165) is 37.1 Å². The molecular weight excluding hydrogens is 436 g/mol. The number of aliphatic hydroxyl groups is 2. The summed E-state index contributed by atoms with van der Waals surface area (Å²) in [6.07, 6.45) is 4.31. The summed E-state index contributed by atoms with van der Waals surface area (Å²) in [5.41, 5.74) is 1.87. The Hall–Kier alpha value is -3.17. The molecule has 9 nitrogen and oxygen atoms in total. The summed E-state index contributed by atoms with van der Waals surface area (Å²) in [6, 6.07) is 9.73. The predicted molar refractivity (Wildman–Crippen MR) is 127 cm³/mol. The van der Waals surface area contributed by atoms with Gasteiger partial charge < -0.3 is 30.5 Å². The van der Waals surface area contributed by atoms with E-state index < -0.39 is 12.7 Å². The lowest BCUT2D eigenvalue weighted by Gasteiger charge is -2.40. The van der Waals surface area contributed by atoms with E-state index in [2.05, 4.69) is 20.5 Å². The maximum absolute atomic E-state index is 12.9. The highest BCUT2D eigenvalue weighted by Crippen LogP contribution is 2.38. The third-order valence-corrected chi connectivity index (χ3v) is 6.80. The highest BCUT2D eigenvalue weighted by atomic mass is 16.5. The third-order valence-electron chi connectivity index (χ3n) is 6.80. The second kappa shape index (κ2) is 10.4. The normalized spacial score (nSPS) is 22.2. The number of piperidine rings is 1. The smallest absolute Gasteiger partial charge is 0.252 e. The van der Waals surface area contributed by atoms with Crippen molar-refractivity contribution < 1.29 is 24.5 Å². The van der Waals surface area contributed by atoms with Crippen molar-refractivity contribution >= 4 is 17.6 Å². The summed E-state index contributed by atoms with van der Waals surface area (Å²) in [4.78, 5) is 32.0. The van der Waals surface area contributed by atoms with E-state index in [1.807, 2.05) is 31.2 Å². The molecule has 2 bridgehead atoms. The molecule has 1 aromatic heterocycles. The molecule has 3 heterocycles. The maximum atomic E-state index is 12.9. The van der Waals surface area contributed by atoms with Crippen molar-refractivity contribution in [2.75, 3.05) is 25.2 Å². The molecule has 2 aliphatic heterocycles. The average molecular weight is 469 g/mol. The number of amides is 2. The van der Waals surface area contributed by atoms with Crippen molar-refractivity contribution in [3.05, 3.63) is 53.2 Å². The van der Waals surface area contributed by atoms with Crippen LogP contribution in [0.5, 0.6) is 5.75 Å². The minimum atomic E-state index is -0.985. The number of nitrogens with one attached hydrogen (secondary N) is 2. The number of rotatable bonds is 8. The molecule has 0 aliphatic carbocycles. The number of nitrogens with zero attached hydrogens (tertiary/aromatic N) is 2. The molecule has 0 spiro atoms. The summed E-state index contributed by atoms with van der Waals surface area (Å²) in [7, 11) is 1.60. The number of aliphatic hydroxyl groups excluding tert-OH is 2. The van der Waals surface area contributed by atoms with Gasteiger partial charge in [0.05, 0.1) is 25.4 Å². The van der Waals surface area contributed by atoms with Gasteiger partial charge in [0.15, 0.2) is 0 Å². The van der Waals surface area contributed by atoms with Gasteiger partial charge in [0.1, 0.15) is 11.6 Å². The monoisotopic (exact) mass is 468 g/mol. The number of aromatic nitrogens is 1. The fourth-order valence-corrected chi connectivity index (χ4v) is 5.06. The number of ether oxygens (including phenoxy) is 1. The van der Waals surface area contributed by atoms with Crippen molar-refractivity contribution in [1.82, 2.24) is 15.6 Å². The van der Waals surface area contributed by atoms with E-state index in [1.54, 1.807) is 13.2 Å². The van der Waals surface area contributed by atoms with Gasteiger partial charge in [-0.25, -0.2) is 4.98 Å². The highest BCUT2D eigenvalue weighted by molar-refractivity contribution is 5.96. The Bertz CT molecular complexity index is 1010. The molecule has 2 aliphatic rings. The number of carbonyl (C=O) groups excluding carboxylic acids is 2. The second-order valence-corrected chi connectivity index (χ2v) is 9.02. The van der Waals surface area contributed by atoms with Crippen LogP contribution in [0.2, 0.25) is 0 Å². The molecule has 4 N–H and O–H groups in total. The molecule has 2 amide bonds. The highest BCUT2D eigenvalue weighted by Gasteiger charge is 2.42. The zero-order valence-corrected chi connectivity index (χ0v) is 19.5. The lowest BCUT2D eigenvalue weighted by molar-refractivity contribution is 0.0801. The fourth-order valence-electron chi connectivity index (χ4n) is 5.06. The Morgan fingerprint density at radius 3 is 2.53 bits per heavy atom. The minimum absolute atomic E-state index is 0.0181. The van der Waals surface area contributed by atoms with E-state index in [4.69, 9.17) is 9.84 Å². The molecule has 0 saturated carbocycles. The van der Waals surface area contributed by atoms with Crippen LogP contribution in [-0.4, -0.2) is 71.5 Å². The summed E-state index contributed by atoms with van der Waals surface area (Å²) in [5, 5.41) is 24.1. The van der Waals surface area contributed by atoms with Gasteiger partial charge in [-0.05, 0) is 56.9 Å². The number of hydrogen-bond donors (Lipinski definition) is 4. The van der Waals surface area contributed by atoms with Gasteiger partial charge in [-0.3, -0.25) is 9.59 Å². The molecule has 4 rings (SSSR count). The summed E-state index contributed by atoms with van der Waals surface area (Å²) >= 11 is 0. The van der Waals surface area contributed by atoms with Crippen LogP contribution >= 0.6 is 0 Å². The van der Waals surface area contributed by atoms with Crippen LogP contribution in [0.25, 0.3) is 0 Å². The molecule has 2 aromatic rings. The summed E-state index contributed by atoms with van der Waals surface area (Å²) in [5.74, 6) is 1.11. The number of fused-ring (bicyclic) bond motifs is 2. The van der Waals surface area contributed by atoms with Crippen molar-refractivity contribution in [1.29, 1.82) is 0 Å². The number of benzene rings is 1. The van der Waals surface area contributed by atoms with Gasteiger partial charge in [0.25, 0.3) is 11.8 Å². The lowest BCUT2D eigenvalue weighted by Crippen LogP contribution is -2.50. The van der Waals surface area contributed by atoms with Crippen LogP contribution in [0.4, 0.5) is 5.82 Å². The number of methoxy groups -OCH3 is 1. The first-order valence-electron chi connectivity index (χ1n) is 11.7. The lowest BCUT2D eigenvalue weighted by atomic mass is 9.96. The Kier molecular flexibility index (Phi) is 7.33. The molecule has 34 heavy (non-hydrogen) atoms. The van der Waals surface area contributed by atoms with Crippen LogP contribution in [0.3, 0.4) is 0 Å². The van der Waals surface area contributed by atoms with Crippen molar-refractivity contribution in [2.45, 2.75) is 56.8 Å². The molecular formula is C25H32N4O5. The first-order chi connectivity index (χ1) is 16.4. The Morgan fingerprint density at radius 1 is 1.18 bits per heavy atom. The number of pyridine rings is 1. The van der Waals surface area contributed by atoms with Crippen LogP contribution in [-0.2, 0) is 0 Å². The van der Waals surface area contributed by atoms with E-state index in [1.165, 1.54) is 6.20 Å². The van der Waals surface area contributed by atoms with Crippen molar-refractivity contribution in [3.63, 3.8) is 0 Å². The fraction of sp³-hybridized carbons (Fsp3) is 0.480. The zero-order chi connectivity index (χ0) is 24.2. The quantitative estimate of drug-likeness (QED) is 0.462. The van der Waals surface area contributed by atoms with Gasteiger partial charge >= 0.3 is 0 Å². The minimum Gasteiger partial charge on any atom is -0.496 e. The van der Waals surface area contributed by atoms with Gasteiger partial charge in [-0.15, -0.1) is 0 Å². The largest absolute Gasteiger partial charge is 0.496 e. The topological polar surface area (TPSA) is 124 Å². The molecule has 3 atom stereocenters. The van der Waals surface area contributed by atoms with E-state index in [0.29, 0.717) is 16.9 Å². The van der Waals surface area contributed by atoms with E-state index in [-0.39, 0.29) is 36.5 Å². The third kappa shape index (κ3) is 5.00. The Balaban J connectivity index is 1.38. The molecule has 2 saturated heterocycles. The predicted octanol–water partition coefficient (Wildman–Crippen LogP) is 1.41. The Labute approximate surface area is 199 Å². The van der Waals surface area contributed by atoms with E-state index >= 15 is 0 Å². The standard InChI is InChI=1S/C25H32N4O5/c1-15-21(4-3-5-22(15)34-2)25(33)28-17-10-18-7-8-19(11-17)29(18)23-9-6-16(12-26-23)24(32)27-13-20(31)14-30/h3-6,9,12,17-20,30-31H,7-8,10-11,13-14H2,1-2H3,(H,27,32)(H,28,33). The van der Waals surface area contributed by atoms with Gasteiger partial charge in [-0.1, -0.05) is 6.07 Å². The molecule has 182 valence electrons. The van der Waals surface area contributed by atoms with Crippen molar-refractivity contribution in [2.24, 2.45) is 0 Å². The van der Waals surface area contributed by atoms with Crippen LogP contribution < -0.4 is 20.3 Å². The maximum Gasteiger partial charge on any atom is 0.252 e. The molecule has 0 radical (unpaired) electrons. The van der Waals surface area contributed by atoms with Crippen LogP contribution in [0, 0.1) is 6.92 Å². The SMILES string of the molecule is COc1cccc(C(=O)NC2CC3CCC(C2)N3c2ccc(C(=O)NCC(O)CO)cn2)c1C. The Morgan fingerprint density at radius 2 is 1.91 bits per heavy atom. The summed E-state index contributed by atoms with van der Waals surface area (Å²) < 4.78 is 5.35. The average Bonchev–Trinajstić information content (AvgIpc) is 3.12. The first-order valence-corrected chi connectivity index (χ1v) is 11.7. The first kappa shape index (κ1) is 24.0. The molecule has 9 heteroatoms. The van der Waals surface area contributed by atoms with Gasteiger partial charge in [0, 0.05) is 42.0 Å².